The minimum atomic E-state index is -4.48. The molecule has 31 heavy (non-hydrogen) atoms. The minimum Gasteiger partial charge on any atom is -0.325 e. The molecule has 0 saturated carbocycles. The first-order valence-electron chi connectivity index (χ1n) is 10.0. The quantitative estimate of drug-likeness (QED) is 0.489. The number of aromatic nitrogens is 2. The molecule has 1 aliphatic rings. The maximum atomic E-state index is 12.8. The molecule has 1 aliphatic carbocycles. The van der Waals surface area contributed by atoms with Gasteiger partial charge in [-0.15, -0.1) is 0 Å². The van der Waals surface area contributed by atoms with Gasteiger partial charge in [-0.05, 0) is 64.5 Å². The Hall–Kier alpha value is -2.33. The summed E-state index contributed by atoms with van der Waals surface area (Å²) in [5.41, 5.74) is 0.922. The number of nitrogens with zero attached hydrogens (tertiary/aromatic N) is 3. The second-order valence-electron chi connectivity index (χ2n) is 7.70. The Morgan fingerprint density at radius 1 is 1.29 bits per heavy atom. The van der Waals surface area contributed by atoms with E-state index in [1.807, 2.05) is 14.1 Å². The lowest BCUT2D eigenvalue weighted by Gasteiger charge is -2.15. The zero-order valence-electron chi connectivity index (χ0n) is 17.5. The van der Waals surface area contributed by atoms with E-state index in [0.29, 0.717) is 11.6 Å². The van der Waals surface area contributed by atoms with Crippen LogP contribution in [0.2, 0.25) is 0 Å². The number of carbonyl (C=O) groups excluding carboxylic acids is 1. The molecule has 0 spiro atoms. The van der Waals surface area contributed by atoms with Gasteiger partial charge in [-0.2, -0.15) is 18.2 Å². The first-order chi connectivity index (χ1) is 14.6. The van der Waals surface area contributed by atoms with E-state index in [0.717, 1.165) is 67.4 Å². The third kappa shape index (κ3) is 6.10. The summed E-state index contributed by atoms with van der Waals surface area (Å²) in [4.78, 5) is 31.1. The summed E-state index contributed by atoms with van der Waals surface area (Å²) in [7, 11) is 3.96. The number of hydrogen-bond acceptors (Lipinski definition) is 5. The van der Waals surface area contributed by atoms with Crippen LogP contribution in [-0.2, 0) is 30.4 Å². The standard InChI is InChI=1S/C21H25F3N4O2S/c1-27(2)10-5-11-28-17-9-4-8-16(17)19(26-20(28)30)31-13-18(29)25-15-7-3-6-14(12-15)21(22,23)24/h3,6-7,12H,4-5,8-11,13H2,1-2H3,(H,25,29). The van der Waals surface area contributed by atoms with Crippen LogP contribution in [0.4, 0.5) is 18.9 Å². The molecule has 3 rings (SSSR count). The second kappa shape index (κ2) is 9.86. The van der Waals surface area contributed by atoms with Crippen molar-refractivity contribution >= 4 is 23.4 Å². The van der Waals surface area contributed by atoms with Gasteiger partial charge < -0.3 is 10.2 Å². The van der Waals surface area contributed by atoms with Crippen LogP contribution in [0, 0.1) is 0 Å². The third-order valence-electron chi connectivity index (χ3n) is 5.00. The lowest BCUT2D eigenvalue weighted by molar-refractivity contribution is -0.137. The fourth-order valence-corrected chi connectivity index (χ4v) is 4.46. The normalized spacial score (nSPS) is 13.5. The molecule has 0 fully saturated rings. The van der Waals surface area contributed by atoms with Crippen molar-refractivity contribution in [2.75, 3.05) is 31.7 Å². The van der Waals surface area contributed by atoms with E-state index in [9.17, 15) is 22.8 Å². The largest absolute Gasteiger partial charge is 0.416 e. The highest BCUT2D eigenvalue weighted by Crippen LogP contribution is 2.31. The van der Waals surface area contributed by atoms with E-state index in [4.69, 9.17) is 0 Å². The Kier molecular flexibility index (Phi) is 7.42. The van der Waals surface area contributed by atoms with Crippen molar-refractivity contribution in [1.82, 2.24) is 14.5 Å². The Morgan fingerprint density at radius 2 is 2.06 bits per heavy atom. The van der Waals surface area contributed by atoms with Gasteiger partial charge in [0.1, 0.15) is 5.03 Å². The number of thioether (sulfide) groups is 1. The smallest absolute Gasteiger partial charge is 0.325 e. The van der Waals surface area contributed by atoms with Crippen LogP contribution in [0.15, 0.2) is 34.1 Å². The van der Waals surface area contributed by atoms with E-state index in [1.165, 1.54) is 12.1 Å². The number of hydrogen-bond donors (Lipinski definition) is 1. The van der Waals surface area contributed by atoms with Crippen molar-refractivity contribution in [3.63, 3.8) is 0 Å². The van der Waals surface area contributed by atoms with Crippen molar-refractivity contribution in [2.24, 2.45) is 0 Å². The number of alkyl halides is 3. The van der Waals surface area contributed by atoms with E-state index in [2.05, 4.69) is 15.2 Å². The summed E-state index contributed by atoms with van der Waals surface area (Å²) >= 11 is 1.15. The van der Waals surface area contributed by atoms with Gasteiger partial charge in [-0.25, -0.2) is 4.79 Å². The lowest BCUT2D eigenvalue weighted by Crippen LogP contribution is -2.29. The highest BCUT2D eigenvalue weighted by molar-refractivity contribution is 8.00. The van der Waals surface area contributed by atoms with Crippen LogP contribution in [0.1, 0.15) is 29.7 Å². The average molecular weight is 455 g/mol. The Morgan fingerprint density at radius 3 is 2.77 bits per heavy atom. The van der Waals surface area contributed by atoms with Crippen LogP contribution in [0.3, 0.4) is 0 Å². The Bertz CT molecular complexity index is 1010. The summed E-state index contributed by atoms with van der Waals surface area (Å²) in [6, 6.07) is 4.50. The first kappa shape index (κ1) is 23.3. The molecule has 10 heteroatoms. The highest BCUT2D eigenvalue weighted by Gasteiger charge is 2.30. The number of halogens is 3. The fourth-order valence-electron chi connectivity index (χ4n) is 3.59. The van der Waals surface area contributed by atoms with E-state index in [-0.39, 0.29) is 17.1 Å². The molecule has 0 atom stereocenters. The Balaban J connectivity index is 1.67. The molecule has 6 nitrogen and oxygen atoms in total. The third-order valence-corrected chi connectivity index (χ3v) is 6.02. The molecule has 1 aromatic heterocycles. The van der Waals surface area contributed by atoms with Gasteiger partial charge in [0.15, 0.2) is 0 Å². The summed E-state index contributed by atoms with van der Waals surface area (Å²) in [6.07, 6.45) is -1.10. The number of fused-ring (bicyclic) bond motifs is 1. The summed E-state index contributed by atoms with van der Waals surface area (Å²) < 4.78 is 40.2. The molecule has 1 aromatic carbocycles. The monoisotopic (exact) mass is 454 g/mol. The topological polar surface area (TPSA) is 67.2 Å². The van der Waals surface area contributed by atoms with Gasteiger partial charge in [0.2, 0.25) is 5.91 Å². The second-order valence-corrected chi connectivity index (χ2v) is 8.67. The molecule has 0 radical (unpaired) electrons. The van der Waals surface area contributed by atoms with Gasteiger partial charge in [-0.1, -0.05) is 17.8 Å². The Labute approximate surface area is 182 Å². The fraction of sp³-hybridized carbons (Fsp3) is 0.476. The molecule has 0 bridgehead atoms. The molecule has 1 N–H and O–H groups in total. The van der Waals surface area contributed by atoms with Crippen LogP contribution in [-0.4, -0.2) is 46.8 Å². The van der Waals surface area contributed by atoms with Gasteiger partial charge >= 0.3 is 11.9 Å². The van der Waals surface area contributed by atoms with Crippen LogP contribution < -0.4 is 11.0 Å². The molecular formula is C21H25F3N4O2S. The highest BCUT2D eigenvalue weighted by atomic mass is 32.2. The number of benzene rings is 1. The maximum absolute atomic E-state index is 12.8. The number of rotatable bonds is 8. The summed E-state index contributed by atoms with van der Waals surface area (Å²) in [5, 5.41) is 3.02. The molecule has 0 unspecified atom stereocenters. The van der Waals surface area contributed by atoms with Crippen molar-refractivity contribution in [3.05, 3.63) is 51.6 Å². The zero-order chi connectivity index (χ0) is 22.6. The molecule has 168 valence electrons. The molecule has 0 saturated heterocycles. The molecule has 0 aliphatic heterocycles. The van der Waals surface area contributed by atoms with Crippen molar-refractivity contribution in [1.29, 1.82) is 0 Å². The molecular weight excluding hydrogens is 429 g/mol. The minimum absolute atomic E-state index is 0.0419. The van der Waals surface area contributed by atoms with Crippen LogP contribution in [0.5, 0.6) is 0 Å². The maximum Gasteiger partial charge on any atom is 0.416 e. The number of anilines is 1. The van der Waals surface area contributed by atoms with Crippen LogP contribution >= 0.6 is 11.8 Å². The van der Waals surface area contributed by atoms with Crippen LogP contribution in [0.25, 0.3) is 0 Å². The van der Waals surface area contributed by atoms with E-state index in [1.54, 1.807) is 4.57 Å². The molecule has 1 heterocycles. The first-order valence-corrected chi connectivity index (χ1v) is 11.0. The molecule has 1 amide bonds. The van der Waals surface area contributed by atoms with E-state index >= 15 is 0 Å². The number of amides is 1. The predicted molar refractivity (Wildman–Crippen MR) is 114 cm³/mol. The predicted octanol–water partition coefficient (Wildman–Crippen LogP) is 3.43. The summed E-state index contributed by atoms with van der Waals surface area (Å²) in [6.45, 7) is 1.47. The van der Waals surface area contributed by atoms with Gasteiger partial charge in [-0.3, -0.25) is 9.36 Å². The van der Waals surface area contributed by atoms with Crippen molar-refractivity contribution < 1.29 is 18.0 Å². The zero-order valence-corrected chi connectivity index (χ0v) is 18.3. The van der Waals surface area contributed by atoms with Gasteiger partial charge in [0.25, 0.3) is 0 Å². The SMILES string of the molecule is CN(C)CCCn1c2c(c(SCC(=O)Nc3cccc(C(F)(F)F)c3)nc1=O)CCC2. The van der Waals surface area contributed by atoms with Crippen molar-refractivity contribution in [3.8, 4) is 0 Å². The van der Waals surface area contributed by atoms with Crippen molar-refractivity contribution in [2.45, 2.75) is 43.4 Å². The molecule has 2 aromatic rings. The van der Waals surface area contributed by atoms with E-state index < -0.39 is 17.6 Å². The van der Waals surface area contributed by atoms with Gasteiger partial charge in [0.05, 0.1) is 11.3 Å². The summed E-state index contributed by atoms with van der Waals surface area (Å²) in [5.74, 6) is -0.493. The number of carbonyl (C=O) groups is 1. The lowest BCUT2D eigenvalue weighted by atomic mass is 10.2. The number of nitrogens with one attached hydrogen (secondary N) is 1. The average Bonchev–Trinajstić information content (AvgIpc) is 3.17. The van der Waals surface area contributed by atoms with Gasteiger partial charge in [0, 0.05) is 23.5 Å².